The Morgan fingerprint density at radius 3 is 2.38 bits per heavy atom. The summed E-state index contributed by atoms with van der Waals surface area (Å²) in [6.45, 7) is 11.6. The molecule has 0 saturated carbocycles. The number of benzene rings is 1. The van der Waals surface area contributed by atoms with Crippen molar-refractivity contribution in [1.82, 2.24) is 0 Å². The minimum atomic E-state index is 0.181. The van der Waals surface area contributed by atoms with Crippen LogP contribution in [0.2, 0.25) is 0 Å². The van der Waals surface area contributed by atoms with Crippen LogP contribution in [0, 0.1) is 6.92 Å². The van der Waals surface area contributed by atoms with Gasteiger partial charge in [-0.1, -0.05) is 26.0 Å². The molecule has 0 amide bonds. The van der Waals surface area contributed by atoms with Gasteiger partial charge in [0.1, 0.15) is 11.5 Å². The number of aromatic hydroxyl groups is 2. The molecule has 0 saturated heterocycles. The lowest BCUT2D eigenvalue weighted by Crippen LogP contribution is -2.00. The van der Waals surface area contributed by atoms with Gasteiger partial charge in [0.05, 0.1) is 0 Å². The minimum Gasteiger partial charge on any atom is -0.508 e. The van der Waals surface area contributed by atoms with Crippen LogP contribution in [0.25, 0.3) is 0 Å². The summed E-state index contributed by atoms with van der Waals surface area (Å²) < 4.78 is 0. The molecule has 16 heavy (non-hydrogen) atoms. The summed E-state index contributed by atoms with van der Waals surface area (Å²) >= 11 is 0. The topological polar surface area (TPSA) is 40.5 Å². The number of hydrogen-bond acceptors (Lipinski definition) is 2. The molecule has 2 heteroatoms. The van der Waals surface area contributed by atoms with Crippen LogP contribution in [0.4, 0.5) is 0 Å². The van der Waals surface area contributed by atoms with Crippen LogP contribution in [0.5, 0.6) is 11.5 Å². The maximum Gasteiger partial charge on any atom is 0.122 e. The first kappa shape index (κ1) is 12.6. The Hall–Kier alpha value is -1.44. The van der Waals surface area contributed by atoms with Gasteiger partial charge >= 0.3 is 0 Å². The Morgan fingerprint density at radius 1 is 1.38 bits per heavy atom. The molecule has 88 valence electrons. The lowest BCUT2D eigenvalue weighted by atomic mass is 9.90. The predicted molar refractivity (Wildman–Crippen MR) is 67.1 cm³/mol. The number of hydrogen-bond donors (Lipinski definition) is 2. The van der Waals surface area contributed by atoms with Crippen LogP contribution in [-0.4, -0.2) is 10.2 Å². The highest BCUT2D eigenvalue weighted by molar-refractivity contribution is 5.54. The van der Waals surface area contributed by atoms with E-state index >= 15 is 0 Å². The van der Waals surface area contributed by atoms with Gasteiger partial charge in [-0.05, 0) is 37.8 Å². The molecule has 0 heterocycles. The molecule has 2 N–H and O–H groups in total. The molecular formula is C14H20O2. The first-order chi connectivity index (χ1) is 7.34. The average molecular weight is 220 g/mol. The number of phenolic OH excluding ortho intramolecular Hbond substituents is 2. The third kappa shape index (κ3) is 2.38. The van der Waals surface area contributed by atoms with E-state index in [9.17, 15) is 10.2 Å². The number of aryl methyl sites for hydroxylation is 1. The molecule has 0 fully saturated rings. The van der Waals surface area contributed by atoms with Crippen LogP contribution in [0.15, 0.2) is 18.2 Å². The highest BCUT2D eigenvalue weighted by Crippen LogP contribution is 2.38. The summed E-state index contributed by atoms with van der Waals surface area (Å²) in [5.74, 6) is 0.728. The number of phenols is 2. The van der Waals surface area contributed by atoms with E-state index < -0.39 is 0 Å². The molecule has 1 aromatic rings. The Balaban J connectivity index is 3.44. The van der Waals surface area contributed by atoms with E-state index in [-0.39, 0.29) is 11.7 Å². The third-order valence-electron chi connectivity index (χ3n) is 2.67. The molecule has 0 radical (unpaired) electrons. The van der Waals surface area contributed by atoms with Gasteiger partial charge in [0.15, 0.2) is 0 Å². The second kappa shape index (κ2) is 4.60. The molecule has 2 nitrogen and oxygen atoms in total. The Labute approximate surface area is 97.2 Å². The lowest BCUT2D eigenvalue weighted by molar-refractivity contribution is 0.442. The van der Waals surface area contributed by atoms with Crippen molar-refractivity contribution in [3.63, 3.8) is 0 Å². The number of rotatable bonds is 3. The first-order valence-corrected chi connectivity index (χ1v) is 5.53. The van der Waals surface area contributed by atoms with Gasteiger partial charge in [0, 0.05) is 11.1 Å². The van der Waals surface area contributed by atoms with Crippen molar-refractivity contribution in [2.24, 2.45) is 0 Å². The van der Waals surface area contributed by atoms with Crippen molar-refractivity contribution in [1.29, 1.82) is 0 Å². The fourth-order valence-electron chi connectivity index (χ4n) is 1.96. The molecule has 0 aromatic heterocycles. The SMILES string of the molecule is C=C(C)Cc1c(O)cc(C)c(O)c1C(C)C. The smallest absolute Gasteiger partial charge is 0.122 e. The van der Waals surface area contributed by atoms with Crippen LogP contribution in [0.1, 0.15) is 43.4 Å². The normalized spacial score (nSPS) is 10.8. The van der Waals surface area contributed by atoms with Gasteiger partial charge in [0.2, 0.25) is 0 Å². The zero-order valence-electron chi connectivity index (χ0n) is 10.5. The molecular weight excluding hydrogens is 200 g/mol. The van der Waals surface area contributed by atoms with Crippen molar-refractivity contribution in [2.75, 3.05) is 0 Å². The van der Waals surface area contributed by atoms with E-state index in [2.05, 4.69) is 6.58 Å². The van der Waals surface area contributed by atoms with Gasteiger partial charge < -0.3 is 10.2 Å². The van der Waals surface area contributed by atoms with E-state index in [0.29, 0.717) is 17.7 Å². The molecule has 0 unspecified atom stereocenters. The van der Waals surface area contributed by atoms with Gasteiger partial charge in [-0.3, -0.25) is 0 Å². The standard InChI is InChI=1S/C14H20O2/c1-8(2)6-11-12(15)7-10(5)14(16)13(11)9(3)4/h7,9,15-16H,1,6H2,2-5H3. The maximum absolute atomic E-state index is 10.0. The Bertz CT molecular complexity index is 417. The fourth-order valence-corrected chi connectivity index (χ4v) is 1.96. The van der Waals surface area contributed by atoms with Gasteiger partial charge in [-0.2, -0.15) is 0 Å². The second-order valence-electron chi connectivity index (χ2n) is 4.74. The van der Waals surface area contributed by atoms with Crippen LogP contribution in [-0.2, 0) is 6.42 Å². The molecule has 1 aromatic carbocycles. The third-order valence-corrected chi connectivity index (χ3v) is 2.67. The van der Waals surface area contributed by atoms with E-state index in [1.165, 1.54) is 0 Å². The maximum atomic E-state index is 10.0. The molecule has 0 aliphatic heterocycles. The largest absolute Gasteiger partial charge is 0.508 e. The quantitative estimate of drug-likeness (QED) is 0.603. The molecule has 0 atom stereocenters. The second-order valence-corrected chi connectivity index (χ2v) is 4.74. The lowest BCUT2D eigenvalue weighted by Gasteiger charge is -2.18. The monoisotopic (exact) mass is 220 g/mol. The summed E-state index contributed by atoms with van der Waals surface area (Å²) in [5, 5.41) is 20.0. The molecule has 1 rings (SSSR count). The fraction of sp³-hybridized carbons (Fsp3) is 0.429. The van der Waals surface area contributed by atoms with E-state index in [1.807, 2.05) is 20.8 Å². The van der Waals surface area contributed by atoms with Crippen molar-refractivity contribution < 1.29 is 10.2 Å². The van der Waals surface area contributed by atoms with E-state index in [0.717, 1.165) is 16.7 Å². The van der Waals surface area contributed by atoms with Gasteiger partial charge in [-0.25, -0.2) is 0 Å². The number of allylic oxidation sites excluding steroid dienone is 1. The van der Waals surface area contributed by atoms with Crippen LogP contribution in [0.3, 0.4) is 0 Å². The van der Waals surface area contributed by atoms with Crippen molar-refractivity contribution in [3.05, 3.63) is 34.9 Å². The zero-order chi connectivity index (χ0) is 12.5. The van der Waals surface area contributed by atoms with Crippen molar-refractivity contribution in [3.8, 4) is 11.5 Å². The minimum absolute atomic E-state index is 0.181. The van der Waals surface area contributed by atoms with Crippen molar-refractivity contribution in [2.45, 2.75) is 40.0 Å². The summed E-state index contributed by atoms with van der Waals surface area (Å²) in [7, 11) is 0. The summed E-state index contributed by atoms with van der Waals surface area (Å²) in [4.78, 5) is 0. The van der Waals surface area contributed by atoms with Gasteiger partial charge in [0.25, 0.3) is 0 Å². The summed E-state index contributed by atoms with van der Waals surface area (Å²) in [6.07, 6.45) is 0.604. The van der Waals surface area contributed by atoms with E-state index in [4.69, 9.17) is 0 Å². The van der Waals surface area contributed by atoms with E-state index in [1.54, 1.807) is 13.0 Å². The molecule has 0 bridgehead atoms. The highest BCUT2D eigenvalue weighted by Gasteiger charge is 2.17. The predicted octanol–water partition coefficient (Wildman–Crippen LogP) is 3.65. The molecule has 0 spiro atoms. The Kier molecular flexibility index (Phi) is 3.63. The average Bonchev–Trinajstić information content (AvgIpc) is 2.13. The van der Waals surface area contributed by atoms with Crippen LogP contribution < -0.4 is 0 Å². The first-order valence-electron chi connectivity index (χ1n) is 5.53. The Morgan fingerprint density at radius 2 is 1.94 bits per heavy atom. The zero-order valence-corrected chi connectivity index (χ0v) is 10.5. The van der Waals surface area contributed by atoms with Crippen LogP contribution >= 0.6 is 0 Å². The van der Waals surface area contributed by atoms with Gasteiger partial charge in [-0.15, -0.1) is 0 Å². The molecule has 0 aliphatic rings. The highest BCUT2D eigenvalue weighted by atomic mass is 16.3. The van der Waals surface area contributed by atoms with Crippen molar-refractivity contribution >= 4 is 0 Å². The summed E-state index contributed by atoms with van der Waals surface area (Å²) in [6, 6.07) is 1.61. The summed E-state index contributed by atoms with van der Waals surface area (Å²) in [5.41, 5.74) is 3.32. The molecule has 0 aliphatic carbocycles.